The monoisotopic (exact) mass is 476 g/mol. The van der Waals surface area contributed by atoms with Crippen LogP contribution in [0, 0.1) is 23.2 Å². The Kier molecular flexibility index (Phi) is 7.37. The summed E-state index contributed by atoms with van der Waals surface area (Å²) in [6.45, 7) is 4.41. The molecule has 0 unspecified atom stereocenters. The van der Waals surface area contributed by atoms with Gasteiger partial charge in [-0.3, -0.25) is 9.59 Å². The molecule has 8 heteroatoms. The highest BCUT2D eigenvalue weighted by Crippen LogP contribution is 2.33. The molecule has 2 amide bonds. The molecular formula is C27H32N4O4. The first kappa shape index (κ1) is 24.7. The summed E-state index contributed by atoms with van der Waals surface area (Å²) in [7, 11) is 1.79. The van der Waals surface area contributed by atoms with Gasteiger partial charge in [-0.2, -0.15) is 5.26 Å². The molecule has 8 nitrogen and oxygen atoms in total. The van der Waals surface area contributed by atoms with Crippen molar-refractivity contribution in [1.82, 2.24) is 14.8 Å². The number of amides is 2. The summed E-state index contributed by atoms with van der Waals surface area (Å²) in [6, 6.07) is 10.5. The molecule has 1 N–H and O–H groups in total. The minimum atomic E-state index is -0.385. The van der Waals surface area contributed by atoms with Gasteiger partial charge in [0.2, 0.25) is 11.8 Å². The van der Waals surface area contributed by atoms with Crippen molar-refractivity contribution in [3.8, 4) is 23.1 Å². The van der Waals surface area contributed by atoms with E-state index in [1.54, 1.807) is 41.2 Å². The highest BCUT2D eigenvalue weighted by Gasteiger charge is 2.35. The first-order valence-corrected chi connectivity index (χ1v) is 12.1. The maximum atomic E-state index is 13.6. The summed E-state index contributed by atoms with van der Waals surface area (Å²) < 4.78 is 6.29. The summed E-state index contributed by atoms with van der Waals surface area (Å²) >= 11 is 0. The van der Waals surface area contributed by atoms with Gasteiger partial charge >= 0.3 is 0 Å². The summed E-state index contributed by atoms with van der Waals surface area (Å²) in [5, 5.41) is 18.9. The van der Waals surface area contributed by atoms with E-state index in [4.69, 9.17) is 10.00 Å². The van der Waals surface area contributed by atoms with Crippen LogP contribution in [0.4, 0.5) is 0 Å². The Labute approximate surface area is 206 Å². The molecule has 1 aliphatic carbocycles. The first-order chi connectivity index (χ1) is 16.8. The lowest BCUT2D eigenvalue weighted by atomic mass is 9.99. The van der Waals surface area contributed by atoms with Crippen LogP contribution in [0.2, 0.25) is 0 Å². The molecule has 1 saturated carbocycles. The predicted molar refractivity (Wildman–Crippen MR) is 131 cm³/mol. The van der Waals surface area contributed by atoms with Gasteiger partial charge in [0.1, 0.15) is 11.7 Å². The number of likely N-dealkylation sites (N-methyl/N-ethyl adjacent to an activating group) is 1. The SMILES string of the molecule is C[C@H](CO)N1C[C@H](C)[C@@H](CN(C)C(=O)CC2CC2)Oc2ncc(-c3ccc(C#N)cc3)cc2C1=O. The van der Waals surface area contributed by atoms with Gasteiger partial charge in [0.15, 0.2) is 0 Å². The molecule has 2 aliphatic rings. The zero-order valence-corrected chi connectivity index (χ0v) is 20.5. The van der Waals surface area contributed by atoms with Crippen LogP contribution in [0.3, 0.4) is 0 Å². The predicted octanol–water partition coefficient (Wildman–Crippen LogP) is 3.10. The molecule has 2 aromatic rings. The topological polar surface area (TPSA) is 107 Å². The number of nitrogens with zero attached hydrogens (tertiary/aromatic N) is 4. The molecule has 35 heavy (non-hydrogen) atoms. The van der Waals surface area contributed by atoms with E-state index < -0.39 is 0 Å². The molecule has 0 radical (unpaired) electrons. The summed E-state index contributed by atoms with van der Waals surface area (Å²) in [5.41, 5.74) is 2.42. The Morgan fingerprint density at radius 3 is 2.66 bits per heavy atom. The van der Waals surface area contributed by atoms with Gasteiger partial charge in [0.05, 0.1) is 30.8 Å². The number of benzene rings is 1. The van der Waals surface area contributed by atoms with Crippen LogP contribution in [0.5, 0.6) is 5.88 Å². The van der Waals surface area contributed by atoms with Crippen molar-refractivity contribution in [2.24, 2.45) is 11.8 Å². The third kappa shape index (κ3) is 5.63. The number of aliphatic hydroxyl groups excluding tert-OH is 1. The number of pyridine rings is 1. The number of hydrogen-bond donors (Lipinski definition) is 1. The van der Waals surface area contributed by atoms with Crippen LogP contribution in [0.25, 0.3) is 11.1 Å². The molecule has 2 heterocycles. The number of nitriles is 1. The quantitative estimate of drug-likeness (QED) is 0.658. The van der Waals surface area contributed by atoms with Crippen LogP contribution in [-0.4, -0.2) is 70.6 Å². The third-order valence-corrected chi connectivity index (χ3v) is 6.91. The zero-order valence-electron chi connectivity index (χ0n) is 20.5. The fraction of sp³-hybridized carbons (Fsp3) is 0.481. The van der Waals surface area contributed by atoms with E-state index in [9.17, 15) is 14.7 Å². The van der Waals surface area contributed by atoms with Crippen molar-refractivity contribution in [3.63, 3.8) is 0 Å². The van der Waals surface area contributed by atoms with Crippen LogP contribution < -0.4 is 4.74 Å². The summed E-state index contributed by atoms with van der Waals surface area (Å²) in [5.74, 6) is 0.487. The second-order valence-electron chi connectivity index (χ2n) is 9.81. The molecule has 1 fully saturated rings. The lowest BCUT2D eigenvalue weighted by molar-refractivity contribution is -0.131. The van der Waals surface area contributed by atoms with Crippen LogP contribution in [-0.2, 0) is 4.79 Å². The van der Waals surface area contributed by atoms with E-state index in [0.717, 1.165) is 24.0 Å². The van der Waals surface area contributed by atoms with Crippen molar-refractivity contribution < 1.29 is 19.4 Å². The number of aromatic nitrogens is 1. The molecular weight excluding hydrogens is 444 g/mol. The molecule has 0 saturated heterocycles. The Morgan fingerprint density at radius 1 is 1.31 bits per heavy atom. The van der Waals surface area contributed by atoms with E-state index in [-0.39, 0.29) is 42.4 Å². The number of rotatable bonds is 7. The van der Waals surface area contributed by atoms with Gasteiger partial charge in [0.25, 0.3) is 5.91 Å². The van der Waals surface area contributed by atoms with Crippen molar-refractivity contribution in [2.75, 3.05) is 26.7 Å². The zero-order chi connectivity index (χ0) is 25.1. The number of fused-ring (bicyclic) bond motifs is 1. The molecule has 3 atom stereocenters. The molecule has 0 bridgehead atoms. The lowest BCUT2D eigenvalue weighted by Gasteiger charge is -2.37. The Balaban J connectivity index is 1.66. The maximum Gasteiger partial charge on any atom is 0.259 e. The van der Waals surface area contributed by atoms with Crippen LogP contribution in [0.1, 0.15) is 49.0 Å². The first-order valence-electron chi connectivity index (χ1n) is 12.1. The molecule has 0 spiro atoms. The number of carbonyl (C=O) groups is 2. The second kappa shape index (κ2) is 10.4. The van der Waals surface area contributed by atoms with Gasteiger partial charge in [-0.05, 0) is 49.4 Å². The standard InChI is InChI=1S/C27H32N4O4/c1-17-14-31(18(2)16-32)27(34)23-11-22(21-8-6-20(12-28)7-9-21)13-29-26(23)35-24(17)15-30(3)25(33)10-19-4-5-19/h6-9,11,13,17-19,24,32H,4-5,10,14-16H2,1-3H3/t17-,18+,24+/m0/s1. The molecule has 4 rings (SSSR count). The summed E-state index contributed by atoms with van der Waals surface area (Å²) in [6.07, 6.45) is 4.08. The number of hydrogen-bond acceptors (Lipinski definition) is 6. The third-order valence-electron chi connectivity index (χ3n) is 6.91. The van der Waals surface area contributed by atoms with E-state index >= 15 is 0 Å². The molecule has 1 aliphatic heterocycles. The average molecular weight is 477 g/mol. The van der Waals surface area contributed by atoms with Gasteiger partial charge in [-0.1, -0.05) is 19.1 Å². The normalized spacial score (nSPS) is 20.7. The van der Waals surface area contributed by atoms with Gasteiger partial charge in [0, 0.05) is 37.7 Å². The average Bonchev–Trinajstić information content (AvgIpc) is 3.69. The van der Waals surface area contributed by atoms with Gasteiger partial charge in [-0.15, -0.1) is 0 Å². The van der Waals surface area contributed by atoms with Crippen molar-refractivity contribution >= 4 is 11.8 Å². The lowest BCUT2D eigenvalue weighted by Crippen LogP contribution is -2.50. The van der Waals surface area contributed by atoms with E-state index in [1.807, 2.05) is 26.0 Å². The van der Waals surface area contributed by atoms with E-state index in [2.05, 4.69) is 11.1 Å². The summed E-state index contributed by atoms with van der Waals surface area (Å²) in [4.78, 5) is 34.1. The van der Waals surface area contributed by atoms with Crippen LogP contribution >= 0.6 is 0 Å². The smallest absolute Gasteiger partial charge is 0.259 e. The van der Waals surface area contributed by atoms with Crippen LogP contribution in [0.15, 0.2) is 36.5 Å². The Hall–Kier alpha value is -3.44. The second-order valence-corrected chi connectivity index (χ2v) is 9.81. The molecule has 184 valence electrons. The highest BCUT2D eigenvalue weighted by atomic mass is 16.5. The minimum absolute atomic E-state index is 0.0859. The van der Waals surface area contributed by atoms with Gasteiger partial charge in [-0.25, -0.2) is 4.98 Å². The van der Waals surface area contributed by atoms with Gasteiger partial charge < -0.3 is 19.6 Å². The Bertz CT molecular complexity index is 1120. The number of carbonyl (C=O) groups excluding carboxylic acids is 2. The number of ether oxygens (including phenoxy) is 1. The maximum absolute atomic E-state index is 13.6. The molecule has 1 aromatic carbocycles. The highest BCUT2D eigenvalue weighted by molar-refractivity contribution is 5.98. The largest absolute Gasteiger partial charge is 0.472 e. The van der Waals surface area contributed by atoms with Crippen molar-refractivity contribution in [1.29, 1.82) is 5.26 Å². The van der Waals surface area contributed by atoms with Crippen molar-refractivity contribution in [3.05, 3.63) is 47.7 Å². The Morgan fingerprint density at radius 2 is 2.03 bits per heavy atom. The van der Waals surface area contributed by atoms with E-state index in [1.165, 1.54) is 0 Å². The number of aliphatic hydroxyl groups is 1. The minimum Gasteiger partial charge on any atom is -0.472 e. The fourth-order valence-electron chi connectivity index (χ4n) is 4.31. The van der Waals surface area contributed by atoms with Crippen molar-refractivity contribution in [2.45, 2.75) is 45.3 Å². The fourth-order valence-corrected chi connectivity index (χ4v) is 4.31. The molecule has 1 aromatic heterocycles. The van der Waals surface area contributed by atoms with E-state index in [0.29, 0.717) is 36.6 Å².